The summed E-state index contributed by atoms with van der Waals surface area (Å²) in [5.74, 6) is -1.66. The lowest BCUT2D eigenvalue weighted by molar-refractivity contribution is -0.136. The minimum absolute atomic E-state index is 0.516. The summed E-state index contributed by atoms with van der Waals surface area (Å²) in [4.78, 5) is 21.4. The molecule has 0 radical (unpaired) electrons. The minimum atomic E-state index is -1.14. The molecule has 0 aliphatic rings. The Kier molecular flexibility index (Phi) is 2.46. The van der Waals surface area contributed by atoms with E-state index >= 15 is 0 Å². The lowest BCUT2D eigenvalue weighted by Crippen LogP contribution is -2.17. The van der Waals surface area contributed by atoms with Gasteiger partial charge in [-0.1, -0.05) is 0 Å². The largest absolute Gasteiger partial charge is 0.481 e. The monoisotopic (exact) mass is 182 g/mol. The van der Waals surface area contributed by atoms with Gasteiger partial charge in [0.05, 0.1) is 5.69 Å². The maximum absolute atomic E-state index is 11.2. The van der Waals surface area contributed by atoms with E-state index in [1.165, 1.54) is 0 Å². The highest BCUT2D eigenvalue weighted by molar-refractivity contribution is 5.94. The van der Waals surface area contributed by atoms with Crippen molar-refractivity contribution in [2.75, 3.05) is 0 Å². The summed E-state index contributed by atoms with van der Waals surface area (Å²) in [5.41, 5.74) is 1.36. The Labute approximate surface area is 75.0 Å². The number of carbonyl (C=O) groups is 2. The molecule has 0 saturated carbocycles. The average molecular weight is 182 g/mol. The van der Waals surface area contributed by atoms with E-state index in [1.807, 2.05) is 0 Å². The number of carboxylic acids is 1. The zero-order chi connectivity index (χ0) is 10.0. The van der Waals surface area contributed by atoms with Gasteiger partial charge in [-0.3, -0.25) is 9.59 Å². The van der Waals surface area contributed by atoms with Gasteiger partial charge in [-0.15, -0.1) is 0 Å². The summed E-state index contributed by atoms with van der Waals surface area (Å²) in [6, 6.07) is 1.72. The maximum Gasteiger partial charge on any atom is 0.312 e. The molecule has 0 unspecified atom stereocenters. The quantitative estimate of drug-likeness (QED) is 0.680. The molecule has 1 rings (SSSR count). The van der Waals surface area contributed by atoms with Crippen LogP contribution in [0, 0.1) is 13.8 Å². The number of aliphatic carboxylic acids is 1. The molecule has 0 aliphatic heterocycles. The second kappa shape index (κ2) is 3.38. The number of carboxylic acid groups (broad SMARTS) is 1. The Bertz CT molecular complexity index is 354. The lowest BCUT2D eigenvalue weighted by atomic mass is 10.4. The SMILES string of the molecule is Cc1cc(C)n(C(=O)CC(=O)O)n1. The first-order valence-electron chi connectivity index (χ1n) is 3.79. The third-order valence-corrected chi connectivity index (χ3v) is 1.55. The van der Waals surface area contributed by atoms with Crippen LogP contribution in [-0.4, -0.2) is 26.8 Å². The number of aryl methyl sites for hydroxylation is 2. The molecule has 0 aromatic carbocycles. The van der Waals surface area contributed by atoms with Crippen LogP contribution >= 0.6 is 0 Å². The summed E-state index contributed by atoms with van der Waals surface area (Å²) in [6.45, 7) is 3.46. The van der Waals surface area contributed by atoms with Crippen molar-refractivity contribution < 1.29 is 14.7 Å². The van der Waals surface area contributed by atoms with Crippen LogP contribution in [0.5, 0.6) is 0 Å². The van der Waals surface area contributed by atoms with Gasteiger partial charge in [0.15, 0.2) is 0 Å². The third kappa shape index (κ3) is 2.14. The van der Waals surface area contributed by atoms with Gasteiger partial charge in [0, 0.05) is 5.69 Å². The van der Waals surface area contributed by atoms with Gasteiger partial charge < -0.3 is 5.11 Å². The van der Waals surface area contributed by atoms with E-state index in [2.05, 4.69) is 5.10 Å². The molecule has 5 heteroatoms. The van der Waals surface area contributed by atoms with Gasteiger partial charge in [-0.05, 0) is 19.9 Å². The van der Waals surface area contributed by atoms with Crippen LogP contribution in [0.4, 0.5) is 0 Å². The van der Waals surface area contributed by atoms with Crippen molar-refractivity contribution in [3.63, 3.8) is 0 Å². The molecule has 0 fully saturated rings. The van der Waals surface area contributed by atoms with Crippen LogP contribution in [0.3, 0.4) is 0 Å². The zero-order valence-electron chi connectivity index (χ0n) is 7.44. The van der Waals surface area contributed by atoms with Crippen molar-refractivity contribution in [2.24, 2.45) is 0 Å². The molecule has 70 valence electrons. The predicted molar refractivity (Wildman–Crippen MR) is 44.6 cm³/mol. The average Bonchev–Trinajstić information content (AvgIpc) is 2.28. The number of nitrogens with zero attached hydrogens (tertiary/aromatic N) is 2. The Morgan fingerprint density at radius 1 is 1.54 bits per heavy atom. The number of carbonyl (C=O) groups excluding carboxylic acids is 1. The first-order chi connectivity index (χ1) is 6.00. The van der Waals surface area contributed by atoms with E-state index in [0.717, 1.165) is 4.68 Å². The molecule has 1 aromatic rings. The number of aromatic nitrogens is 2. The number of hydrogen-bond donors (Lipinski definition) is 1. The molecule has 0 bridgehead atoms. The van der Waals surface area contributed by atoms with Crippen molar-refractivity contribution in [3.8, 4) is 0 Å². The van der Waals surface area contributed by atoms with E-state index in [-0.39, 0.29) is 0 Å². The van der Waals surface area contributed by atoms with Gasteiger partial charge in [0.25, 0.3) is 5.91 Å². The summed E-state index contributed by atoms with van der Waals surface area (Å²) in [5, 5.41) is 12.2. The van der Waals surface area contributed by atoms with Crippen molar-refractivity contribution >= 4 is 11.9 Å². The van der Waals surface area contributed by atoms with Gasteiger partial charge in [0.2, 0.25) is 0 Å². The topological polar surface area (TPSA) is 72.2 Å². The maximum atomic E-state index is 11.2. The molecule has 0 atom stereocenters. The molecule has 1 heterocycles. The van der Waals surface area contributed by atoms with Crippen LogP contribution in [0.25, 0.3) is 0 Å². The van der Waals surface area contributed by atoms with Crippen LogP contribution in [-0.2, 0) is 4.79 Å². The van der Waals surface area contributed by atoms with E-state index in [9.17, 15) is 9.59 Å². The highest BCUT2D eigenvalue weighted by Gasteiger charge is 2.13. The molecule has 0 aliphatic carbocycles. The first kappa shape index (κ1) is 9.44. The highest BCUT2D eigenvalue weighted by Crippen LogP contribution is 2.02. The van der Waals surface area contributed by atoms with E-state index in [0.29, 0.717) is 11.4 Å². The Hall–Kier alpha value is -1.65. The molecule has 13 heavy (non-hydrogen) atoms. The summed E-state index contributed by atoms with van der Waals surface area (Å²) >= 11 is 0. The van der Waals surface area contributed by atoms with Crippen LogP contribution in [0.15, 0.2) is 6.07 Å². The molecule has 0 saturated heterocycles. The summed E-state index contributed by atoms with van der Waals surface area (Å²) in [6.07, 6.45) is -0.526. The van der Waals surface area contributed by atoms with Gasteiger partial charge in [-0.25, -0.2) is 4.68 Å². The fourth-order valence-corrected chi connectivity index (χ4v) is 1.09. The lowest BCUT2D eigenvalue weighted by Gasteiger charge is -1.98. The molecular formula is C8H10N2O3. The molecule has 0 spiro atoms. The van der Waals surface area contributed by atoms with Gasteiger partial charge in [0.1, 0.15) is 6.42 Å². The molecule has 1 N–H and O–H groups in total. The molecule has 0 amide bonds. The van der Waals surface area contributed by atoms with Crippen molar-refractivity contribution in [1.82, 2.24) is 9.78 Å². The third-order valence-electron chi connectivity index (χ3n) is 1.55. The van der Waals surface area contributed by atoms with Crippen LogP contribution in [0.2, 0.25) is 0 Å². The number of hydrogen-bond acceptors (Lipinski definition) is 3. The molecule has 1 aromatic heterocycles. The minimum Gasteiger partial charge on any atom is -0.481 e. The van der Waals surface area contributed by atoms with E-state index in [1.54, 1.807) is 19.9 Å². The molecule has 5 nitrogen and oxygen atoms in total. The van der Waals surface area contributed by atoms with Gasteiger partial charge >= 0.3 is 5.97 Å². The first-order valence-corrected chi connectivity index (χ1v) is 3.79. The second-order valence-corrected chi connectivity index (χ2v) is 2.80. The second-order valence-electron chi connectivity index (χ2n) is 2.80. The zero-order valence-corrected chi connectivity index (χ0v) is 7.44. The fourth-order valence-electron chi connectivity index (χ4n) is 1.09. The Morgan fingerprint density at radius 3 is 2.54 bits per heavy atom. The summed E-state index contributed by atoms with van der Waals surface area (Å²) in [7, 11) is 0. The number of rotatable bonds is 2. The molecular weight excluding hydrogens is 172 g/mol. The highest BCUT2D eigenvalue weighted by atomic mass is 16.4. The van der Waals surface area contributed by atoms with Crippen molar-refractivity contribution in [3.05, 3.63) is 17.5 Å². The van der Waals surface area contributed by atoms with Crippen LogP contribution < -0.4 is 0 Å². The van der Waals surface area contributed by atoms with E-state index < -0.39 is 18.3 Å². The van der Waals surface area contributed by atoms with Crippen molar-refractivity contribution in [1.29, 1.82) is 0 Å². The Morgan fingerprint density at radius 2 is 2.15 bits per heavy atom. The van der Waals surface area contributed by atoms with Gasteiger partial charge in [-0.2, -0.15) is 5.10 Å². The predicted octanol–water partition coefficient (Wildman–Crippen LogP) is 0.615. The van der Waals surface area contributed by atoms with E-state index in [4.69, 9.17) is 5.11 Å². The normalized spacial score (nSPS) is 10.0. The van der Waals surface area contributed by atoms with Crippen molar-refractivity contribution in [2.45, 2.75) is 20.3 Å². The fraction of sp³-hybridized carbons (Fsp3) is 0.375. The smallest absolute Gasteiger partial charge is 0.312 e. The Balaban J connectivity index is 2.88. The summed E-state index contributed by atoms with van der Waals surface area (Å²) < 4.78 is 1.11. The standard InChI is InChI=1S/C8H10N2O3/c1-5-3-6(2)10(9-5)7(11)4-8(12)13/h3H,4H2,1-2H3,(H,12,13). The van der Waals surface area contributed by atoms with Crippen LogP contribution in [0.1, 0.15) is 22.6 Å².